The molecule has 2 aliphatic heterocycles. The molecule has 2 N–H and O–H groups in total. The molecule has 2 heterocycles. The van der Waals surface area contributed by atoms with Crippen LogP contribution in [0.1, 0.15) is 0 Å². The zero-order valence-electron chi connectivity index (χ0n) is 11.1. The second-order valence-electron chi connectivity index (χ2n) is 5.43. The Morgan fingerprint density at radius 1 is 1.25 bits per heavy atom. The Balaban J connectivity index is 0.00000147. The predicted molar refractivity (Wildman–Crippen MR) is 83.6 cm³/mol. The van der Waals surface area contributed by atoms with Gasteiger partial charge in [-0.2, -0.15) is 0 Å². The summed E-state index contributed by atoms with van der Waals surface area (Å²) in [6.45, 7) is 4.74. The highest BCUT2D eigenvalue weighted by molar-refractivity contribution is 6.30. The number of carbonyl (C=O) groups is 1. The first-order chi connectivity index (χ1) is 9.20. The molecule has 2 aliphatic rings. The summed E-state index contributed by atoms with van der Waals surface area (Å²) in [6, 6.07) is 7.21. The first-order valence-electron chi connectivity index (χ1n) is 6.69. The molecule has 0 saturated carbocycles. The number of amides is 1. The van der Waals surface area contributed by atoms with Crippen molar-refractivity contribution in [1.29, 1.82) is 0 Å². The van der Waals surface area contributed by atoms with Gasteiger partial charge in [-0.05, 0) is 49.2 Å². The molecular formula is C14H19Cl2N3O. The molecule has 2 saturated heterocycles. The predicted octanol–water partition coefficient (Wildman–Crippen LogP) is 1.85. The van der Waals surface area contributed by atoms with E-state index < -0.39 is 0 Å². The molecule has 1 aromatic rings. The zero-order valence-corrected chi connectivity index (χ0v) is 12.7. The molecule has 20 heavy (non-hydrogen) atoms. The van der Waals surface area contributed by atoms with E-state index in [1.807, 2.05) is 12.1 Å². The van der Waals surface area contributed by atoms with E-state index in [-0.39, 0.29) is 18.3 Å². The van der Waals surface area contributed by atoms with Crippen LogP contribution in [-0.4, -0.2) is 43.5 Å². The Labute approximate surface area is 130 Å². The van der Waals surface area contributed by atoms with Crippen LogP contribution in [0.5, 0.6) is 0 Å². The largest absolute Gasteiger partial charge is 0.325 e. The van der Waals surface area contributed by atoms with Gasteiger partial charge in [0.15, 0.2) is 0 Å². The summed E-state index contributed by atoms with van der Waals surface area (Å²) in [5.41, 5.74) is 0.801. The summed E-state index contributed by atoms with van der Waals surface area (Å²) in [7, 11) is 0. The minimum absolute atomic E-state index is 0. The average molecular weight is 316 g/mol. The molecule has 0 radical (unpaired) electrons. The molecule has 6 heteroatoms. The van der Waals surface area contributed by atoms with Crippen molar-refractivity contribution < 1.29 is 4.79 Å². The van der Waals surface area contributed by atoms with Gasteiger partial charge in [0.05, 0.1) is 6.54 Å². The quantitative estimate of drug-likeness (QED) is 0.894. The van der Waals surface area contributed by atoms with Crippen LogP contribution in [0.4, 0.5) is 5.69 Å². The van der Waals surface area contributed by atoms with Crippen LogP contribution in [0.2, 0.25) is 5.02 Å². The van der Waals surface area contributed by atoms with E-state index in [0.29, 0.717) is 11.6 Å². The fourth-order valence-electron chi connectivity index (χ4n) is 3.02. The number of rotatable bonds is 3. The van der Waals surface area contributed by atoms with Gasteiger partial charge in [-0.25, -0.2) is 0 Å². The third kappa shape index (κ3) is 3.64. The number of halogens is 2. The van der Waals surface area contributed by atoms with Gasteiger partial charge in [-0.15, -0.1) is 12.4 Å². The van der Waals surface area contributed by atoms with Crippen molar-refractivity contribution in [2.24, 2.45) is 11.8 Å². The summed E-state index contributed by atoms with van der Waals surface area (Å²) < 4.78 is 0. The molecule has 0 aliphatic carbocycles. The Kier molecular flexibility index (Phi) is 5.27. The first-order valence-corrected chi connectivity index (χ1v) is 7.07. The molecule has 0 bridgehead atoms. The first kappa shape index (κ1) is 15.6. The Hall–Kier alpha value is -0.810. The van der Waals surface area contributed by atoms with Gasteiger partial charge in [0, 0.05) is 23.8 Å². The minimum Gasteiger partial charge on any atom is -0.325 e. The van der Waals surface area contributed by atoms with E-state index in [9.17, 15) is 4.79 Å². The Bertz CT molecular complexity index is 454. The number of anilines is 1. The standard InChI is InChI=1S/C14H18ClN3O.ClH/c15-12-1-3-13(4-2-12)17-14(19)9-18-7-10-5-16-6-11(10)8-18;/h1-4,10-11,16H,5-9H2,(H,17,19);1H/t10-,11+;. The van der Waals surface area contributed by atoms with Crippen molar-refractivity contribution in [3.05, 3.63) is 29.3 Å². The lowest BCUT2D eigenvalue weighted by Gasteiger charge is -2.16. The van der Waals surface area contributed by atoms with Crippen molar-refractivity contribution in [3.63, 3.8) is 0 Å². The molecule has 3 rings (SSSR count). The number of nitrogens with zero attached hydrogens (tertiary/aromatic N) is 1. The van der Waals surface area contributed by atoms with Gasteiger partial charge >= 0.3 is 0 Å². The maximum Gasteiger partial charge on any atom is 0.238 e. The van der Waals surface area contributed by atoms with Crippen molar-refractivity contribution in [2.75, 3.05) is 38.0 Å². The fraction of sp³-hybridized carbons (Fsp3) is 0.500. The number of nitrogens with one attached hydrogen (secondary N) is 2. The van der Waals surface area contributed by atoms with Crippen LogP contribution < -0.4 is 10.6 Å². The summed E-state index contributed by atoms with van der Waals surface area (Å²) in [4.78, 5) is 14.2. The van der Waals surface area contributed by atoms with Crippen molar-refractivity contribution in [1.82, 2.24) is 10.2 Å². The maximum absolute atomic E-state index is 12.0. The lowest BCUT2D eigenvalue weighted by atomic mass is 10.0. The lowest BCUT2D eigenvalue weighted by Crippen LogP contribution is -2.33. The number of carbonyl (C=O) groups excluding carboxylic acids is 1. The van der Waals surface area contributed by atoms with E-state index in [2.05, 4.69) is 15.5 Å². The van der Waals surface area contributed by atoms with Crippen LogP contribution in [0.15, 0.2) is 24.3 Å². The molecule has 1 aromatic carbocycles. The topological polar surface area (TPSA) is 44.4 Å². The van der Waals surface area contributed by atoms with Crippen LogP contribution in [-0.2, 0) is 4.79 Å². The van der Waals surface area contributed by atoms with Crippen LogP contribution in [0, 0.1) is 11.8 Å². The molecule has 0 aromatic heterocycles. The van der Waals surface area contributed by atoms with Crippen molar-refractivity contribution in [2.45, 2.75) is 0 Å². The summed E-state index contributed by atoms with van der Waals surface area (Å²) >= 11 is 5.81. The van der Waals surface area contributed by atoms with Gasteiger partial charge in [-0.3, -0.25) is 9.69 Å². The van der Waals surface area contributed by atoms with Crippen molar-refractivity contribution >= 4 is 35.6 Å². The van der Waals surface area contributed by atoms with E-state index >= 15 is 0 Å². The molecule has 0 spiro atoms. The molecule has 0 unspecified atom stereocenters. The third-order valence-corrected chi connectivity index (χ3v) is 4.21. The molecule has 2 fully saturated rings. The average Bonchev–Trinajstić information content (AvgIpc) is 2.92. The van der Waals surface area contributed by atoms with Crippen LogP contribution in [0.3, 0.4) is 0 Å². The van der Waals surface area contributed by atoms with Gasteiger partial charge < -0.3 is 10.6 Å². The molecule has 1 amide bonds. The molecular weight excluding hydrogens is 297 g/mol. The van der Waals surface area contributed by atoms with Crippen LogP contribution >= 0.6 is 24.0 Å². The summed E-state index contributed by atoms with van der Waals surface area (Å²) in [5.74, 6) is 1.50. The van der Waals surface area contributed by atoms with Gasteiger partial charge in [0.1, 0.15) is 0 Å². The highest BCUT2D eigenvalue weighted by Gasteiger charge is 2.36. The van der Waals surface area contributed by atoms with E-state index in [1.54, 1.807) is 12.1 Å². The maximum atomic E-state index is 12.0. The number of benzene rings is 1. The monoisotopic (exact) mass is 315 g/mol. The third-order valence-electron chi connectivity index (χ3n) is 3.96. The van der Waals surface area contributed by atoms with Crippen molar-refractivity contribution in [3.8, 4) is 0 Å². The van der Waals surface area contributed by atoms with Gasteiger partial charge in [0.25, 0.3) is 0 Å². The highest BCUT2D eigenvalue weighted by atomic mass is 35.5. The Morgan fingerprint density at radius 3 is 2.45 bits per heavy atom. The summed E-state index contributed by atoms with van der Waals surface area (Å²) in [6.07, 6.45) is 0. The smallest absolute Gasteiger partial charge is 0.238 e. The van der Waals surface area contributed by atoms with E-state index in [1.165, 1.54) is 0 Å². The fourth-order valence-corrected chi connectivity index (χ4v) is 3.14. The van der Waals surface area contributed by atoms with E-state index in [4.69, 9.17) is 11.6 Å². The minimum atomic E-state index is 0. The SMILES string of the molecule is Cl.O=C(CN1C[C@H]2CNC[C@H]2C1)Nc1ccc(Cl)cc1. The van der Waals surface area contributed by atoms with Gasteiger partial charge in [-0.1, -0.05) is 11.6 Å². The normalized spacial score (nSPS) is 25.1. The number of hydrogen-bond acceptors (Lipinski definition) is 3. The molecule has 4 nitrogen and oxygen atoms in total. The number of hydrogen-bond donors (Lipinski definition) is 2. The zero-order chi connectivity index (χ0) is 13.2. The second-order valence-corrected chi connectivity index (χ2v) is 5.86. The van der Waals surface area contributed by atoms with Crippen LogP contribution in [0.25, 0.3) is 0 Å². The lowest BCUT2D eigenvalue weighted by molar-refractivity contribution is -0.117. The second kappa shape index (κ2) is 6.76. The Morgan fingerprint density at radius 2 is 1.85 bits per heavy atom. The highest BCUT2D eigenvalue weighted by Crippen LogP contribution is 2.25. The number of fused-ring (bicyclic) bond motifs is 1. The van der Waals surface area contributed by atoms with Gasteiger partial charge in [0.2, 0.25) is 5.91 Å². The number of likely N-dealkylation sites (tertiary alicyclic amines) is 1. The molecule has 2 atom stereocenters. The molecule has 110 valence electrons. The van der Waals surface area contributed by atoms with E-state index in [0.717, 1.165) is 43.7 Å². The summed E-state index contributed by atoms with van der Waals surface area (Å²) in [5, 5.41) is 6.99.